The van der Waals surface area contributed by atoms with E-state index in [1.165, 1.54) is 0 Å². The smallest absolute Gasteiger partial charge is 0.305 e. The maximum absolute atomic E-state index is 11.1. The van der Waals surface area contributed by atoms with Crippen LogP contribution in [0.2, 0.25) is 0 Å². The molecule has 1 heterocycles. The highest BCUT2D eigenvalue weighted by atomic mass is 79.9. The van der Waals surface area contributed by atoms with E-state index in [1.54, 1.807) is 0 Å². The summed E-state index contributed by atoms with van der Waals surface area (Å²) in [5, 5.41) is 0.850. The lowest BCUT2D eigenvalue weighted by Gasteiger charge is -2.37. The minimum absolute atomic E-state index is 0.0735. The number of hydrogen-bond donors (Lipinski definition) is 0. The topological polar surface area (TPSA) is 35.5 Å². The van der Waals surface area contributed by atoms with Crippen LogP contribution in [0.15, 0.2) is 0 Å². The van der Waals surface area contributed by atoms with Crippen LogP contribution in [0.3, 0.4) is 0 Å². The number of esters is 1. The van der Waals surface area contributed by atoms with Crippen LogP contribution in [0.4, 0.5) is 0 Å². The maximum Gasteiger partial charge on any atom is 0.305 e. The van der Waals surface area contributed by atoms with Gasteiger partial charge in [-0.3, -0.25) is 4.79 Å². The molecule has 0 bridgehead atoms. The molecule has 0 aromatic carbocycles. The Morgan fingerprint density at radius 1 is 1.62 bits per heavy atom. The molecule has 4 heteroatoms. The molecule has 0 amide bonds. The highest BCUT2D eigenvalue weighted by Crippen LogP contribution is 2.26. The third kappa shape index (κ3) is 3.65. The molecule has 76 valence electrons. The van der Waals surface area contributed by atoms with Gasteiger partial charge in [-0.25, -0.2) is 0 Å². The first-order valence-corrected chi connectivity index (χ1v) is 5.58. The molecule has 3 nitrogen and oxygen atoms in total. The SMILES string of the molecule is CC1(COC(=O)CCCBr)COC1. The number of carbonyl (C=O) groups is 1. The van der Waals surface area contributed by atoms with Gasteiger partial charge in [-0.15, -0.1) is 0 Å². The Hall–Kier alpha value is -0.0900. The van der Waals surface area contributed by atoms with Gasteiger partial charge in [-0.1, -0.05) is 22.9 Å². The van der Waals surface area contributed by atoms with Gasteiger partial charge in [0.05, 0.1) is 13.2 Å². The van der Waals surface area contributed by atoms with Crippen LogP contribution in [0.5, 0.6) is 0 Å². The lowest BCUT2D eigenvalue weighted by molar-refractivity contribution is -0.165. The Labute approximate surface area is 86.9 Å². The Morgan fingerprint density at radius 3 is 2.77 bits per heavy atom. The molecule has 0 atom stereocenters. The summed E-state index contributed by atoms with van der Waals surface area (Å²) in [6, 6.07) is 0. The molecule has 0 spiro atoms. The van der Waals surface area contributed by atoms with E-state index in [0.717, 1.165) is 11.8 Å². The van der Waals surface area contributed by atoms with E-state index < -0.39 is 0 Å². The van der Waals surface area contributed by atoms with Crippen molar-refractivity contribution in [2.75, 3.05) is 25.2 Å². The molecule has 1 aliphatic rings. The molecule has 0 aromatic heterocycles. The van der Waals surface area contributed by atoms with Crippen LogP contribution in [0.25, 0.3) is 0 Å². The summed E-state index contributed by atoms with van der Waals surface area (Å²) in [4.78, 5) is 11.1. The van der Waals surface area contributed by atoms with E-state index in [9.17, 15) is 4.79 Å². The first kappa shape index (κ1) is 11.0. The van der Waals surface area contributed by atoms with Gasteiger partial charge < -0.3 is 9.47 Å². The number of ether oxygens (including phenoxy) is 2. The van der Waals surface area contributed by atoms with Gasteiger partial charge in [-0.05, 0) is 6.42 Å². The fraction of sp³-hybridized carbons (Fsp3) is 0.889. The molecule has 0 aromatic rings. The fourth-order valence-electron chi connectivity index (χ4n) is 1.07. The Morgan fingerprint density at radius 2 is 2.31 bits per heavy atom. The summed E-state index contributed by atoms with van der Waals surface area (Å²) >= 11 is 3.27. The highest BCUT2D eigenvalue weighted by molar-refractivity contribution is 9.09. The first-order chi connectivity index (χ1) is 6.16. The summed E-state index contributed by atoms with van der Waals surface area (Å²) in [5.41, 5.74) is 0.0735. The second-order valence-corrected chi connectivity index (χ2v) is 4.55. The van der Waals surface area contributed by atoms with Gasteiger partial charge in [-0.2, -0.15) is 0 Å². The molecule has 1 aliphatic heterocycles. The highest BCUT2D eigenvalue weighted by Gasteiger charge is 2.34. The molecule has 0 radical (unpaired) electrons. The van der Waals surface area contributed by atoms with Crippen molar-refractivity contribution in [3.63, 3.8) is 0 Å². The minimum Gasteiger partial charge on any atom is -0.465 e. The lowest BCUT2D eigenvalue weighted by Crippen LogP contribution is -2.44. The third-order valence-electron chi connectivity index (χ3n) is 2.00. The van der Waals surface area contributed by atoms with Gasteiger partial charge in [0, 0.05) is 17.2 Å². The summed E-state index contributed by atoms with van der Waals surface area (Å²) in [6.45, 7) is 3.97. The van der Waals surface area contributed by atoms with E-state index in [4.69, 9.17) is 9.47 Å². The molecule has 1 saturated heterocycles. The third-order valence-corrected chi connectivity index (χ3v) is 2.56. The van der Waals surface area contributed by atoms with Crippen LogP contribution < -0.4 is 0 Å². The van der Waals surface area contributed by atoms with Gasteiger partial charge in [0.25, 0.3) is 0 Å². The van der Waals surface area contributed by atoms with Gasteiger partial charge in [0.15, 0.2) is 0 Å². The van der Waals surface area contributed by atoms with Crippen molar-refractivity contribution in [3.05, 3.63) is 0 Å². The average Bonchev–Trinajstić information content (AvgIpc) is 2.08. The van der Waals surface area contributed by atoms with E-state index in [1.807, 2.05) is 0 Å². The van der Waals surface area contributed by atoms with Gasteiger partial charge in [0.1, 0.15) is 6.61 Å². The van der Waals surface area contributed by atoms with E-state index >= 15 is 0 Å². The van der Waals surface area contributed by atoms with Crippen LogP contribution >= 0.6 is 15.9 Å². The maximum atomic E-state index is 11.1. The largest absolute Gasteiger partial charge is 0.465 e. The average molecular weight is 251 g/mol. The molecule has 1 fully saturated rings. The molecule has 1 rings (SSSR count). The summed E-state index contributed by atoms with van der Waals surface area (Å²) in [5.74, 6) is -0.104. The zero-order chi connectivity index (χ0) is 9.73. The zero-order valence-corrected chi connectivity index (χ0v) is 9.43. The quantitative estimate of drug-likeness (QED) is 0.551. The van der Waals surface area contributed by atoms with Crippen LogP contribution in [0.1, 0.15) is 19.8 Å². The monoisotopic (exact) mass is 250 g/mol. The second kappa shape index (κ2) is 4.96. The summed E-state index contributed by atoms with van der Waals surface area (Å²) in [7, 11) is 0. The second-order valence-electron chi connectivity index (χ2n) is 3.76. The summed E-state index contributed by atoms with van der Waals surface area (Å²) < 4.78 is 10.2. The number of rotatable bonds is 5. The zero-order valence-electron chi connectivity index (χ0n) is 7.85. The van der Waals surface area contributed by atoms with Crippen molar-refractivity contribution >= 4 is 21.9 Å². The number of hydrogen-bond acceptors (Lipinski definition) is 3. The predicted molar refractivity (Wildman–Crippen MR) is 52.9 cm³/mol. The summed E-state index contributed by atoms with van der Waals surface area (Å²) in [6.07, 6.45) is 1.34. The van der Waals surface area contributed by atoms with Crippen molar-refractivity contribution in [2.24, 2.45) is 5.41 Å². The van der Waals surface area contributed by atoms with Crippen molar-refractivity contribution in [1.82, 2.24) is 0 Å². The normalized spacial score (nSPS) is 19.2. The van der Waals surface area contributed by atoms with Crippen LogP contribution in [-0.2, 0) is 14.3 Å². The van der Waals surface area contributed by atoms with Crippen molar-refractivity contribution in [3.8, 4) is 0 Å². The van der Waals surface area contributed by atoms with Crippen molar-refractivity contribution < 1.29 is 14.3 Å². The standard InChI is InChI=1S/C9H15BrO3/c1-9(5-12-6-9)7-13-8(11)3-2-4-10/h2-7H2,1H3. The number of alkyl halides is 1. The number of carbonyl (C=O) groups excluding carboxylic acids is 1. The number of halogens is 1. The molecule has 0 N–H and O–H groups in total. The molecule has 0 saturated carbocycles. The molecular formula is C9H15BrO3. The van der Waals surface area contributed by atoms with E-state index in [2.05, 4.69) is 22.9 Å². The van der Waals surface area contributed by atoms with Gasteiger partial charge in [0.2, 0.25) is 0 Å². The van der Waals surface area contributed by atoms with E-state index in [0.29, 0.717) is 26.2 Å². The molecule has 0 aliphatic carbocycles. The van der Waals surface area contributed by atoms with Crippen molar-refractivity contribution in [2.45, 2.75) is 19.8 Å². The predicted octanol–water partition coefficient (Wildman–Crippen LogP) is 1.74. The van der Waals surface area contributed by atoms with Crippen LogP contribution in [-0.4, -0.2) is 31.1 Å². The first-order valence-electron chi connectivity index (χ1n) is 4.46. The van der Waals surface area contributed by atoms with Gasteiger partial charge >= 0.3 is 5.97 Å². The Bertz CT molecular complexity index is 178. The Balaban J connectivity index is 2.07. The minimum atomic E-state index is -0.104. The van der Waals surface area contributed by atoms with Crippen molar-refractivity contribution in [1.29, 1.82) is 0 Å². The fourth-order valence-corrected chi connectivity index (χ4v) is 1.35. The Kier molecular flexibility index (Phi) is 4.19. The lowest BCUT2D eigenvalue weighted by atomic mass is 9.90. The van der Waals surface area contributed by atoms with E-state index in [-0.39, 0.29) is 11.4 Å². The molecular weight excluding hydrogens is 236 g/mol. The van der Waals surface area contributed by atoms with Crippen LogP contribution in [0, 0.1) is 5.41 Å². The molecule has 13 heavy (non-hydrogen) atoms. The molecule has 0 unspecified atom stereocenters.